The standard InChI is InChI=1S/C29H30O8/c1-3-11-34-19-6-7-20-22(14-19)27(21-8-5-18(33-2)15-24(21)35-12-10-30)28(29(31)32)26(20)17-4-9-23-25(13-17)37-16-36-23/h4-9,13-15,26-28,30H,3,10-12,16H2,1-2H3,(H,31,32)/t26?,27-,28-/m1/s1. The van der Waals surface area contributed by atoms with Crippen molar-refractivity contribution in [2.75, 3.05) is 33.7 Å². The molecule has 2 aliphatic rings. The van der Waals surface area contributed by atoms with Crippen LogP contribution in [0.15, 0.2) is 54.6 Å². The number of aliphatic carboxylic acids is 1. The van der Waals surface area contributed by atoms with Gasteiger partial charge in [0, 0.05) is 23.5 Å². The number of fused-ring (bicyclic) bond motifs is 2. The summed E-state index contributed by atoms with van der Waals surface area (Å²) >= 11 is 0. The van der Waals surface area contributed by atoms with Crippen LogP contribution in [-0.2, 0) is 4.79 Å². The Balaban J connectivity index is 1.69. The molecule has 194 valence electrons. The van der Waals surface area contributed by atoms with Crippen LogP contribution >= 0.6 is 0 Å². The van der Waals surface area contributed by atoms with E-state index in [4.69, 9.17) is 23.7 Å². The van der Waals surface area contributed by atoms with Crippen molar-refractivity contribution in [3.8, 4) is 28.7 Å². The molecule has 2 N–H and O–H groups in total. The third-order valence-electron chi connectivity index (χ3n) is 6.86. The predicted molar refractivity (Wildman–Crippen MR) is 135 cm³/mol. The first-order valence-electron chi connectivity index (χ1n) is 12.4. The number of benzene rings is 3. The van der Waals surface area contributed by atoms with Crippen LogP contribution < -0.4 is 23.7 Å². The van der Waals surface area contributed by atoms with E-state index in [0.717, 1.165) is 23.1 Å². The molecule has 0 aromatic heterocycles. The zero-order valence-corrected chi connectivity index (χ0v) is 20.8. The molecule has 1 heterocycles. The molecule has 3 aromatic rings. The lowest BCUT2D eigenvalue weighted by Crippen LogP contribution is -2.24. The van der Waals surface area contributed by atoms with E-state index in [1.54, 1.807) is 19.2 Å². The molecule has 3 atom stereocenters. The lowest BCUT2D eigenvalue weighted by atomic mass is 9.79. The fraction of sp³-hybridized carbons (Fsp3) is 0.345. The van der Waals surface area contributed by atoms with Gasteiger partial charge >= 0.3 is 5.97 Å². The van der Waals surface area contributed by atoms with Crippen molar-refractivity contribution in [3.05, 3.63) is 76.9 Å². The van der Waals surface area contributed by atoms with Gasteiger partial charge in [-0.3, -0.25) is 4.79 Å². The average molecular weight is 507 g/mol. The van der Waals surface area contributed by atoms with E-state index in [-0.39, 0.29) is 20.0 Å². The van der Waals surface area contributed by atoms with Crippen molar-refractivity contribution in [2.24, 2.45) is 5.92 Å². The number of carboxylic acids is 1. The SMILES string of the molecule is CCCOc1ccc2c(c1)[C@@H](c1ccc(OC)cc1OCCO)[C@H](C(=O)O)C2c1ccc2c(c1)OCO2. The van der Waals surface area contributed by atoms with Gasteiger partial charge < -0.3 is 33.9 Å². The Morgan fingerprint density at radius 3 is 2.43 bits per heavy atom. The van der Waals surface area contributed by atoms with E-state index in [1.807, 2.05) is 49.4 Å². The second kappa shape index (κ2) is 10.6. The van der Waals surface area contributed by atoms with Gasteiger partial charge in [0.1, 0.15) is 23.9 Å². The van der Waals surface area contributed by atoms with Gasteiger partial charge in [-0.15, -0.1) is 0 Å². The van der Waals surface area contributed by atoms with E-state index in [1.165, 1.54) is 0 Å². The highest BCUT2D eigenvalue weighted by Gasteiger charge is 2.48. The molecule has 0 saturated carbocycles. The Kier molecular flexibility index (Phi) is 7.10. The van der Waals surface area contributed by atoms with Gasteiger partial charge in [0.15, 0.2) is 11.5 Å². The second-order valence-electron chi connectivity index (χ2n) is 9.05. The summed E-state index contributed by atoms with van der Waals surface area (Å²) in [4.78, 5) is 13.0. The van der Waals surface area contributed by atoms with Crippen molar-refractivity contribution < 1.29 is 38.7 Å². The molecule has 0 bridgehead atoms. The maximum atomic E-state index is 13.0. The molecule has 3 aromatic carbocycles. The molecule has 0 fully saturated rings. The van der Waals surface area contributed by atoms with E-state index >= 15 is 0 Å². The van der Waals surface area contributed by atoms with Crippen molar-refractivity contribution in [1.82, 2.24) is 0 Å². The molecule has 0 amide bonds. The summed E-state index contributed by atoms with van der Waals surface area (Å²) in [5.74, 6) is 0.246. The number of carbonyl (C=O) groups is 1. The molecule has 1 aliphatic carbocycles. The highest BCUT2D eigenvalue weighted by Crippen LogP contribution is 2.56. The van der Waals surface area contributed by atoms with Gasteiger partial charge in [-0.25, -0.2) is 0 Å². The average Bonchev–Trinajstić information content (AvgIpc) is 3.52. The Bertz CT molecular complexity index is 1290. The van der Waals surface area contributed by atoms with Crippen LogP contribution in [0.2, 0.25) is 0 Å². The van der Waals surface area contributed by atoms with Crippen molar-refractivity contribution >= 4 is 5.97 Å². The molecule has 0 radical (unpaired) electrons. The van der Waals surface area contributed by atoms with Crippen molar-refractivity contribution in [3.63, 3.8) is 0 Å². The fourth-order valence-electron chi connectivity index (χ4n) is 5.31. The summed E-state index contributed by atoms with van der Waals surface area (Å²) in [6.07, 6.45) is 0.857. The fourth-order valence-corrected chi connectivity index (χ4v) is 5.31. The number of aliphatic hydroxyl groups is 1. The third-order valence-corrected chi connectivity index (χ3v) is 6.86. The lowest BCUT2D eigenvalue weighted by Gasteiger charge is -2.25. The van der Waals surface area contributed by atoms with Gasteiger partial charge in [-0.2, -0.15) is 0 Å². The minimum atomic E-state index is -0.927. The number of hydrogen-bond acceptors (Lipinski definition) is 7. The molecule has 0 spiro atoms. The van der Waals surface area contributed by atoms with Gasteiger partial charge in [0.25, 0.3) is 0 Å². The molecule has 0 saturated heterocycles. The first-order chi connectivity index (χ1) is 18.0. The van der Waals surface area contributed by atoms with Crippen molar-refractivity contribution in [1.29, 1.82) is 0 Å². The second-order valence-corrected chi connectivity index (χ2v) is 9.05. The van der Waals surface area contributed by atoms with Gasteiger partial charge in [-0.05, 0) is 53.4 Å². The lowest BCUT2D eigenvalue weighted by molar-refractivity contribution is -0.142. The summed E-state index contributed by atoms with van der Waals surface area (Å²) < 4.78 is 28.3. The highest BCUT2D eigenvalue weighted by molar-refractivity contribution is 5.78. The topological polar surface area (TPSA) is 104 Å². The number of carboxylic acid groups (broad SMARTS) is 1. The van der Waals surface area contributed by atoms with Crippen LogP contribution in [0.5, 0.6) is 28.7 Å². The zero-order chi connectivity index (χ0) is 25.9. The van der Waals surface area contributed by atoms with Crippen molar-refractivity contribution in [2.45, 2.75) is 25.2 Å². The minimum Gasteiger partial charge on any atom is -0.497 e. The van der Waals surface area contributed by atoms with Crippen LogP contribution in [0.3, 0.4) is 0 Å². The van der Waals surface area contributed by atoms with E-state index < -0.39 is 23.7 Å². The smallest absolute Gasteiger partial charge is 0.308 e. The summed E-state index contributed by atoms with van der Waals surface area (Å²) in [5, 5.41) is 20.0. The maximum Gasteiger partial charge on any atom is 0.308 e. The summed E-state index contributed by atoms with van der Waals surface area (Å²) in [6, 6.07) is 16.8. The van der Waals surface area contributed by atoms with Crippen LogP contribution in [0.1, 0.15) is 47.4 Å². The highest BCUT2D eigenvalue weighted by atomic mass is 16.7. The summed E-state index contributed by atoms with van der Waals surface area (Å²) in [6.45, 7) is 2.64. The minimum absolute atomic E-state index is 0.0721. The molecule has 1 unspecified atom stereocenters. The molecule has 8 nitrogen and oxygen atoms in total. The largest absolute Gasteiger partial charge is 0.497 e. The maximum absolute atomic E-state index is 13.0. The van der Waals surface area contributed by atoms with Gasteiger partial charge in [-0.1, -0.05) is 25.1 Å². The quantitative estimate of drug-likeness (QED) is 0.413. The predicted octanol–water partition coefficient (Wildman–Crippen LogP) is 4.56. The normalized spacial score (nSPS) is 19.4. The Morgan fingerprint density at radius 2 is 1.68 bits per heavy atom. The number of rotatable bonds is 10. The van der Waals surface area contributed by atoms with Crippen LogP contribution in [0.25, 0.3) is 0 Å². The van der Waals surface area contributed by atoms with E-state index in [0.29, 0.717) is 40.9 Å². The Hall–Kier alpha value is -3.91. The monoisotopic (exact) mass is 506 g/mol. The number of ether oxygens (including phenoxy) is 5. The number of methoxy groups -OCH3 is 1. The first kappa shape index (κ1) is 24.8. The van der Waals surface area contributed by atoms with E-state index in [9.17, 15) is 15.0 Å². The Morgan fingerprint density at radius 1 is 0.892 bits per heavy atom. The molecule has 8 heteroatoms. The Labute approximate surface area is 215 Å². The molecule has 37 heavy (non-hydrogen) atoms. The number of hydrogen-bond donors (Lipinski definition) is 2. The van der Waals surface area contributed by atoms with Crippen LogP contribution in [0, 0.1) is 5.92 Å². The van der Waals surface area contributed by atoms with Crippen LogP contribution in [0.4, 0.5) is 0 Å². The zero-order valence-electron chi connectivity index (χ0n) is 20.8. The number of aliphatic hydroxyl groups excluding tert-OH is 1. The van der Waals surface area contributed by atoms with Crippen LogP contribution in [-0.4, -0.2) is 49.9 Å². The van der Waals surface area contributed by atoms with E-state index in [2.05, 4.69) is 0 Å². The third kappa shape index (κ3) is 4.64. The first-order valence-corrected chi connectivity index (χ1v) is 12.4. The molecular formula is C29H30O8. The van der Waals surface area contributed by atoms with Gasteiger partial charge in [0.2, 0.25) is 6.79 Å². The summed E-state index contributed by atoms with van der Waals surface area (Å²) in [7, 11) is 1.56. The molecule has 5 rings (SSSR count). The van der Waals surface area contributed by atoms with Gasteiger partial charge in [0.05, 0.1) is 26.2 Å². The molecular weight excluding hydrogens is 476 g/mol. The molecule has 1 aliphatic heterocycles. The summed E-state index contributed by atoms with van der Waals surface area (Å²) in [5.41, 5.74) is 3.31.